The van der Waals surface area contributed by atoms with Crippen molar-refractivity contribution >= 4 is 27.8 Å². The molecule has 0 aromatic carbocycles. The number of hydrogen-bond donors (Lipinski definition) is 1. The highest BCUT2D eigenvalue weighted by atomic mass is 32.1. The average molecular weight is 240 g/mol. The molecular formula is C9H12N4S2. The third-order valence-electron chi connectivity index (χ3n) is 1.81. The van der Waals surface area contributed by atoms with Crippen LogP contribution in [0.4, 0.5) is 5.13 Å². The summed E-state index contributed by atoms with van der Waals surface area (Å²) in [6, 6.07) is 0. The fourth-order valence-electron chi connectivity index (χ4n) is 1.16. The molecule has 15 heavy (non-hydrogen) atoms. The summed E-state index contributed by atoms with van der Waals surface area (Å²) >= 11 is 3.28. The van der Waals surface area contributed by atoms with E-state index >= 15 is 0 Å². The van der Waals surface area contributed by atoms with Gasteiger partial charge in [0.05, 0.1) is 5.01 Å². The lowest BCUT2D eigenvalue weighted by atomic mass is 10.4. The standard InChI is InChI=1S/C9H12N4S2/c1-6-5-14-8(11-6)3-4-10-9-13-12-7(2)15-9/h5H,3-4H2,1-2H3,(H,10,13). The summed E-state index contributed by atoms with van der Waals surface area (Å²) in [6.07, 6.45) is 0.942. The second kappa shape index (κ2) is 4.67. The second-order valence-corrected chi connectivity index (χ2v) is 5.31. The molecule has 0 saturated heterocycles. The van der Waals surface area contributed by atoms with E-state index in [0.29, 0.717) is 0 Å². The molecule has 2 aromatic rings. The van der Waals surface area contributed by atoms with Crippen molar-refractivity contribution in [3.8, 4) is 0 Å². The van der Waals surface area contributed by atoms with Crippen molar-refractivity contribution in [1.82, 2.24) is 15.2 Å². The van der Waals surface area contributed by atoms with Crippen molar-refractivity contribution in [2.45, 2.75) is 20.3 Å². The Hall–Kier alpha value is -1.01. The van der Waals surface area contributed by atoms with Gasteiger partial charge < -0.3 is 5.32 Å². The lowest BCUT2D eigenvalue weighted by molar-refractivity contribution is 0.967. The Morgan fingerprint density at radius 2 is 2.20 bits per heavy atom. The summed E-state index contributed by atoms with van der Waals surface area (Å²) in [6.45, 7) is 4.83. The van der Waals surface area contributed by atoms with Gasteiger partial charge in [-0.2, -0.15) is 0 Å². The normalized spacial score (nSPS) is 10.5. The Morgan fingerprint density at radius 3 is 2.80 bits per heavy atom. The first-order valence-corrected chi connectivity index (χ1v) is 6.38. The molecule has 0 atom stereocenters. The third-order valence-corrected chi connectivity index (χ3v) is 3.63. The van der Waals surface area contributed by atoms with Crippen molar-refractivity contribution in [3.05, 3.63) is 21.1 Å². The molecule has 0 saturated carbocycles. The first kappa shape index (κ1) is 10.5. The van der Waals surface area contributed by atoms with E-state index in [4.69, 9.17) is 0 Å². The van der Waals surface area contributed by atoms with Crippen LogP contribution in [0.5, 0.6) is 0 Å². The highest BCUT2D eigenvalue weighted by molar-refractivity contribution is 7.15. The summed E-state index contributed by atoms with van der Waals surface area (Å²) in [7, 11) is 0. The monoisotopic (exact) mass is 240 g/mol. The van der Waals surface area contributed by atoms with E-state index in [1.807, 2.05) is 13.8 Å². The zero-order chi connectivity index (χ0) is 10.7. The van der Waals surface area contributed by atoms with Gasteiger partial charge in [0.25, 0.3) is 0 Å². The number of anilines is 1. The van der Waals surface area contributed by atoms with Gasteiger partial charge in [-0.1, -0.05) is 11.3 Å². The lowest BCUT2D eigenvalue weighted by Crippen LogP contribution is -2.04. The quantitative estimate of drug-likeness (QED) is 0.890. The van der Waals surface area contributed by atoms with Gasteiger partial charge >= 0.3 is 0 Å². The van der Waals surface area contributed by atoms with Gasteiger partial charge in [-0.25, -0.2) is 4.98 Å². The fraction of sp³-hybridized carbons (Fsp3) is 0.444. The van der Waals surface area contributed by atoms with E-state index in [1.54, 1.807) is 22.7 Å². The fourth-order valence-corrected chi connectivity index (χ4v) is 2.56. The topological polar surface area (TPSA) is 50.7 Å². The Morgan fingerprint density at radius 1 is 1.33 bits per heavy atom. The highest BCUT2D eigenvalue weighted by Crippen LogP contribution is 2.14. The van der Waals surface area contributed by atoms with Gasteiger partial charge in [-0.15, -0.1) is 21.5 Å². The van der Waals surface area contributed by atoms with Crippen molar-refractivity contribution < 1.29 is 0 Å². The molecule has 80 valence electrons. The summed E-state index contributed by atoms with van der Waals surface area (Å²) < 4.78 is 0. The number of nitrogens with zero attached hydrogens (tertiary/aromatic N) is 3. The minimum absolute atomic E-state index is 0.863. The van der Waals surface area contributed by atoms with Crippen LogP contribution < -0.4 is 5.32 Å². The van der Waals surface area contributed by atoms with E-state index in [9.17, 15) is 0 Å². The smallest absolute Gasteiger partial charge is 0.205 e. The van der Waals surface area contributed by atoms with Gasteiger partial charge in [0, 0.05) is 24.0 Å². The molecule has 6 heteroatoms. The van der Waals surface area contributed by atoms with Gasteiger partial charge in [0.1, 0.15) is 5.01 Å². The SMILES string of the molecule is Cc1csc(CCNc2nnc(C)s2)n1. The second-order valence-electron chi connectivity index (χ2n) is 3.19. The molecule has 0 aliphatic rings. The number of thiazole rings is 1. The van der Waals surface area contributed by atoms with Gasteiger partial charge in [-0.05, 0) is 13.8 Å². The molecule has 0 unspecified atom stereocenters. The molecule has 0 fully saturated rings. The molecule has 0 aliphatic heterocycles. The van der Waals surface area contributed by atoms with Crippen LogP contribution in [0.2, 0.25) is 0 Å². The zero-order valence-corrected chi connectivity index (χ0v) is 10.3. The van der Waals surface area contributed by atoms with Crippen molar-refractivity contribution in [1.29, 1.82) is 0 Å². The van der Waals surface area contributed by atoms with Crippen LogP contribution >= 0.6 is 22.7 Å². The molecule has 2 heterocycles. The first-order chi connectivity index (χ1) is 7.24. The largest absolute Gasteiger partial charge is 0.360 e. The minimum atomic E-state index is 0.863. The Labute approximate surface area is 96.4 Å². The number of nitrogens with one attached hydrogen (secondary N) is 1. The molecule has 2 rings (SSSR count). The number of aromatic nitrogens is 3. The Kier molecular flexibility index (Phi) is 3.27. The van der Waals surface area contributed by atoms with Gasteiger partial charge in [0.15, 0.2) is 0 Å². The van der Waals surface area contributed by atoms with Crippen molar-refractivity contribution in [3.63, 3.8) is 0 Å². The summed E-state index contributed by atoms with van der Waals surface area (Å²) in [5.41, 5.74) is 1.10. The van der Waals surface area contributed by atoms with Gasteiger partial charge in [0.2, 0.25) is 5.13 Å². The Balaban J connectivity index is 1.80. The minimum Gasteiger partial charge on any atom is -0.360 e. The highest BCUT2D eigenvalue weighted by Gasteiger charge is 2.01. The van der Waals surface area contributed by atoms with Crippen LogP contribution in [0.25, 0.3) is 0 Å². The van der Waals surface area contributed by atoms with Crippen LogP contribution in [0.15, 0.2) is 5.38 Å². The van der Waals surface area contributed by atoms with E-state index in [-0.39, 0.29) is 0 Å². The van der Waals surface area contributed by atoms with Gasteiger partial charge in [-0.3, -0.25) is 0 Å². The molecule has 0 aliphatic carbocycles. The van der Waals surface area contributed by atoms with Crippen LogP contribution in [-0.2, 0) is 6.42 Å². The Bertz CT molecular complexity index is 395. The first-order valence-electron chi connectivity index (χ1n) is 4.69. The van der Waals surface area contributed by atoms with Crippen molar-refractivity contribution in [2.24, 2.45) is 0 Å². The van der Waals surface area contributed by atoms with E-state index in [2.05, 4.69) is 25.9 Å². The predicted octanol–water partition coefficient (Wildman–Crippen LogP) is 2.27. The van der Waals surface area contributed by atoms with Crippen molar-refractivity contribution in [2.75, 3.05) is 11.9 Å². The molecule has 0 amide bonds. The maximum Gasteiger partial charge on any atom is 0.205 e. The molecule has 1 N–H and O–H groups in total. The predicted molar refractivity (Wildman–Crippen MR) is 63.7 cm³/mol. The van der Waals surface area contributed by atoms with Crippen LogP contribution in [-0.4, -0.2) is 21.7 Å². The maximum atomic E-state index is 4.39. The van der Waals surface area contributed by atoms with Crippen LogP contribution in [0.1, 0.15) is 15.7 Å². The average Bonchev–Trinajstić information content (AvgIpc) is 2.76. The van der Waals surface area contributed by atoms with E-state index in [1.165, 1.54) is 5.01 Å². The summed E-state index contributed by atoms with van der Waals surface area (Å²) in [5.74, 6) is 0. The number of hydrogen-bond acceptors (Lipinski definition) is 6. The zero-order valence-electron chi connectivity index (χ0n) is 8.65. The molecule has 4 nitrogen and oxygen atoms in total. The molecule has 2 aromatic heterocycles. The number of rotatable bonds is 4. The summed E-state index contributed by atoms with van der Waals surface area (Å²) in [5, 5.41) is 16.3. The van der Waals surface area contributed by atoms with E-state index < -0.39 is 0 Å². The molecular weight excluding hydrogens is 228 g/mol. The van der Waals surface area contributed by atoms with Crippen LogP contribution in [0.3, 0.4) is 0 Å². The number of aryl methyl sites for hydroxylation is 2. The maximum absolute atomic E-state index is 4.39. The summed E-state index contributed by atoms with van der Waals surface area (Å²) in [4.78, 5) is 4.39. The molecule has 0 radical (unpaired) electrons. The molecule has 0 spiro atoms. The lowest BCUT2D eigenvalue weighted by Gasteiger charge is -1.98. The molecule has 0 bridgehead atoms. The van der Waals surface area contributed by atoms with Crippen LogP contribution in [0, 0.1) is 13.8 Å². The third kappa shape index (κ3) is 2.97. The van der Waals surface area contributed by atoms with E-state index in [0.717, 1.165) is 28.8 Å².